The van der Waals surface area contributed by atoms with E-state index in [1.807, 2.05) is 0 Å². The SMILES string of the molecule is CCCCC(CC)(CCl)COC. The molecule has 0 bridgehead atoms. The summed E-state index contributed by atoms with van der Waals surface area (Å²) in [6.07, 6.45) is 4.80. The Kier molecular flexibility index (Phi) is 6.87. The Labute approximate surface area is 81.4 Å². The van der Waals surface area contributed by atoms with Crippen molar-refractivity contribution in [3.05, 3.63) is 0 Å². The van der Waals surface area contributed by atoms with Crippen LogP contribution in [-0.2, 0) is 4.74 Å². The van der Waals surface area contributed by atoms with Crippen LogP contribution < -0.4 is 0 Å². The molecular weight excluding hydrogens is 172 g/mol. The van der Waals surface area contributed by atoms with Crippen molar-refractivity contribution in [1.82, 2.24) is 0 Å². The minimum Gasteiger partial charge on any atom is -0.384 e. The number of methoxy groups -OCH3 is 1. The lowest BCUT2D eigenvalue weighted by atomic mass is 9.83. The second kappa shape index (κ2) is 6.73. The summed E-state index contributed by atoms with van der Waals surface area (Å²) in [4.78, 5) is 0. The van der Waals surface area contributed by atoms with Crippen LogP contribution in [0, 0.1) is 5.41 Å². The Morgan fingerprint density at radius 3 is 2.33 bits per heavy atom. The van der Waals surface area contributed by atoms with Crippen LogP contribution in [0.2, 0.25) is 0 Å². The minimum absolute atomic E-state index is 0.228. The molecule has 1 atom stereocenters. The van der Waals surface area contributed by atoms with Crippen molar-refractivity contribution in [2.75, 3.05) is 19.6 Å². The van der Waals surface area contributed by atoms with Crippen molar-refractivity contribution in [1.29, 1.82) is 0 Å². The Morgan fingerprint density at radius 2 is 2.00 bits per heavy atom. The van der Waals surface area contributed by atoms with Gasteiger partial charge in [-0.1, -0.05) is 26.7 Å². The van der Waals surface area contributed by atoms with Gasteiger partial charge >= 0.3 is 0 Å². The molecule has 0 aliphatic rings. The zero-order valence-electron chi connectivity index (χ0n) is 8.53. The Balaban J connectivity index is 3.95. The highest BCUT2D eigenvalue weighted by molar-refractivity contribution is 6.18. The van der Waals surface area contributed by atoms with Gasteiger partial charge in [0.2, 0.25) is 0 Å². The van der Waals surface area contributed by atoms with Gasteiger partial charge in [0.15, 0.2) is 0 Å². The van der Waals surface area contributed by atoms with Crippen LogP contribution in [0.1, 0.15) is 39.5 Å². The average molecular weight is 193 g/mol. The molecule has 0 radical (unpaired) electrons. The summed E-state index contributed by atoms with van der Waals surface area (Å²) in [5, 5.41) is 0. The summed E-state index contributed by atoms with van der Waals surface area (Å²) in [5.41, 5.74) is 0.228. The fraction of sp³-hybridized carbons (Fsp3) is 1.00. The Bertz CT molecular complexity index is 100. The Hall–Kier alpha value is 0.250. The summed E-state index contributed by atoms with van der Waals surface area (Å²) in [6, 6.07) is 0. The lowest BCUT2D eigenvalue weighted by Gasteiger charge is -2.29. The standard InChI is InChI=1S/C10H21ClO/c1-4-6-7-10(5-2,8-11)9-12-3/h4-9H2,1-3H3. The van der Waals surface area contributed by atoms with Crippen LogP contribution in [0.3, 0.4) is 0 Å². The molecule has 0 heterocycles. The maximum absolute atomic E-state index is 5.96. The lowest BCUT2D eigenvalue weighted by molar-refractivity contribution is 0.0830. The molecule has 0 amide bonds. The van der Waals surface area contributed by atoms with Gasteiger partial charge in [-0.05, 0) is 12.8 Å². The second-order valence-electron chi connectivity index (χ2n) is 3.52. The zero-order chi connectivity index (χ0) is 9.45. The summed E-state index contributed by atoms with van der Waals surface area (Å²) in [5.74, 6) is 0.720. The van der Waals surface area contributed by atoms with Crippen molar-refractivity contribution in [3.63, 3.8) is 0 Å². The number of alkyl halides is 1. The summed E-state index contributed by atoms with van der Waals surface area (Å²) in [7, 11) is 1.75. The van der Waals surface area contributed by atoms with Crippen LogP contribution in [0.25, 0.3) is 0 Å². The van der Waals surface area contributed by atoms with Crippen molar-refractivity contribution in [2.45, 2.75) is 39.5 Å². The van der Waals surface area contributed by atoms with E-state index in [2.05, 4.69) is 13.8 Å². The van der Waals surface area contributed by atoms with Gasteiger partial charge in [0.25, 0.3) is 0 Å². The summed E-state index contributed by atoms with van der Waals surface area (Å²) >= 11 is 5.96. The maximum atomic E-state index is 5.96. The van der Waals surface area contributed by atoms with E-state index in [1.165, 1.54) is 19.3 Å². The molecule has 0 aromatic carbocycles. The van der Waals surface area contributed by atoms with Crippen molar-refractivity contribution < 1.29 is 4.74 Å². The van der Waals surface area contributed by atoms with E-state index in [0.29, 0.717) is 0 Å². The molecule has 1 unspecified atom stereocenters. The van der Waals surface area contributed by atoms with Crippen molar-refractivity contribution >= 4 is 11.6 Å². The first-order chi connectivity index (χ1) is 5.74. The van der Waals surface area contributed by atoms with Crippen molar-refractivity contribution in [3.8, 4) is 0 Å². The van der Waals surface area contributed by atoms with Gasteiger partial charge in [-0.3, -0.25) is 0 Å². The smallest absolute Gasteiger partial charge is 0.0529 e. The highest BCUT2D eigenvalue weighted by Gasteiger charge is 2.26. The number of unbranched alkanes of at least 4 members (excludes halogenated alkanes) is 1. The molecule has 0 aromatic rings. The van der Waals surface area contributed by atoms with E-state index in [0.717, 1.165) is 18.9 Å². The molecule has 0 rings (SSSR count). The van der Waals surface area contributed by atoms with E-state index < -0.39 is 0 Å². The molecule has 0 N–H and O–H groups in total. The van der Waals surface area contributed by atoms with Crippen LogP contribution in [0.5, 0.6) is 0 Å². The molecule has 0 saturated heterocycles. The predicted octanol–water partition coefficient (Wildman–Crippen LogP) is 3.46. The van der Waals surface area contributed by atoms with Gasteiger partial charge < -0.3 is 4.74 Å². The van der Waals surface area contributed by atoms with Crippen LogP contribution in [0.15, 0.2) is 0 Å². The zero-order valence-corrected chi connectivity index (χ0v) is 9.28. The van der Waals surface area contributed by atoms with Crippen LogP contribution >= 0.6 is 11.6 Å². The van der Waals surface area contributed by atoms with Crippen LogP contribution in [0.4, 0.5) is 0 Å². The van der Waals surface area contributed by atoms with Gasteiger partial charge in [-0.2, -0.15) is 0 Å². The molecule has 12 heavy (non-hydrogen) atoms. The first kappa shape index (κ1) is 12.2. The molecule has 1 nitrogen and oxygen atoms in total. The normalized spacial score (nSPS) is 16.0. The fourth-order valence-electron chi connectivity index (χ4n) is 1.41. The van der Waals surface area contributed by atoms with Gasteiger partial charge in [-0.15, -0.1) is 11.6 Å². The van der Waals surface area contributed by atoms with Gasteiger partial charge in [0, 0.05) is 18.4 Å². The Morgan fingerprint density at radius 1 is 1.33 bits per heavy atom. The number of halogens is 1. The average Bonchev–Trinajstić information content (AvgIpc) is 2.13. The summed E-state index contributed by atoms with van der Waals surface area (Å²) < 4.78 is 5.20. The largest absolute Gasteiger partial charge is 0.384 e. The number of hydrogen-bond acceptors (Lipinski definition) is 1. The number of hydrogen-bond donors (Lipinski definition) is 0. The van der Waals surface area contributed by atoms with Gasteiger partial charge in [0.05, 0.1) is 6.61 Å². The predicted molar refractivity (Wildman–Crippen MR) is 54.8 cm³/mol. The van der Waals surface area contributed by atoms with E-state index in [1.54, 1.807) is 7.11 Å². The minimum atomic E-state index is 0.228. The molecular formula is C10H21ClO. The topological polar surface area (TPSA) is 9.23 Å². The molecule has 74 valence electrons. The maximum Gasteiger partial charge on any atom is 0.0529 e. The number of ether oxygens (including phenoxy) is 1. The van der Waals surface area contributed by atoms with Crippen molar-refractivity contribution in [2.24, 2.45) is 5.41 Å². The van der Waals surface area contributed by atoms with E-state index in [4.69, 9.17) is 16.3 Å². The molecule has 0 saturated carbocycles. The third-order valence-corrected chi connectivity index (χ3v) is 3.11. The van der Waals surface area contributed by atoms with Crippen LogP contribution in [-0.4, -0.2) is 19.6 Å². The third-order valence-electron chi connectivity index (χ3n) is 2.54. The highest BCUT2D eigenvalue weighted by Crippen LogP contribution is 2.30. The van der Waals surface area contributed by atoms with Gasteiger partial charge in [-0.25, -0.2) is 0 Å². The molecule has 0 aliphatic carbocycles. The monoisotopic (exact) mass is 192 g/mol. The first-order valence-electron chi connectivity index (χ1n) is 4.79. The quantitative estimate of drug-likeness (QED) is 0.562. The molecule has 0 fully saturated rings. The fourth-order valence-corrected chi connectivity index (χ4v) is 1.81. The molecule has 0 aromatic heterocycles. The molecule has 0 spiro atoms. The molecule has 0 aliphatic heterocycles. The van der Waals surface area contributed by atoms with E-state index in [-0.39, 0.29) is 5.41 Å². The third kappa shape index (κ3) is 3.77. The number of rotatable bonds is 7. The van der Waals surface area contributed by atoms with E-state index >= 15 is 0 Å². The summed E-state index contributed by atoms with van der Waals surface area (Å²) in [6.45, 7) is 5.20. The second-order valence-corrected chi connectivity index (χ2v) is 3.79. The van der Waals surface area contributed by atoms with E-state index in [9.17, 15) is 0 Å². The van der Waals surface area contributed by atoms with Gasteiger partial charge in [0.1, 0.15) is 0 Å². The lowest BCUT2D eigenvalue weighted by Crippen LogP contribution is -2.27. The molecule has 2 heteroatoms. The first-order valence-corrected chi connectivity index (χ1v) is 5.33. The highest BCUT2D eigenvalue weighted by atomic mass is 35.5.